The number of nitrogens with zero attached hydrogens (tertiary/aromatic N) is 1. The highest BCUT2D eigenvalue weighted by atomic mass is 19.4. The van der Waals surface area contributed by atoms with Gasteiger partial charge in [-0.3, -0.25) is 4.79 Å². The van der Waals surface area contributed by atoms with Gasteiger partial charge < -0.3 is 10.6 Å². The molecule has 0 spiro atoms. The molecule has 3 nitrogen and oxygen atoms in total. The van der Waals surface area contributed by atoms with Crippen LogP contribution in [0.15, 0.2) is 0 Å². The van der Waals surface area contributed by atoms with E-state index in [1.807, 2.05) is 0 Å². The third-order valence-corrected chi connectivity index (χ3v) is 3.21. The van der Waals surface area contributed by atoms with Gasteiger partial charge in [0.2, 0.25) is 5.91 Å². The van der Waals surface area contributed by atoms with E-state index in [4.69, 9.17) is 5.73 Å². The molecule has 0 bridgehead atoms. The summed E-state index contributed by atoms with van der Waals surface area (Å²) in [4.78, 5) is 12.9. The van der Waals surface area contributed by atoms with Crippen LogP contribution in [-0.4, -0.2) is 36.1 Å². The van der Waals surface area contributed by atoms with E-state index in [9.17, 15) is 18.0 Å². The van der Waals surface area contributed by atoms with Crippen LogP contribution >= 0.6 is 0 Å². The molecule has 1 amide bonds. The molecule has 2 fully saturated rings. The maximum atomic E-state index is 12.6. The van der Waals surface area contributed by atoms with Gasteiger partial charge in [0.1, 0.15) is 5.41 Å². The summed E-state index contributed by atoms with van der Waals surface area (Å²) in [5, 5.41) is 0. The molecule has 6 heteroatoms. The smallest absolute Gasteiger partial charge is 0.340 e. The number of likely N-dealkylation sites (tertiary alicyclic amines) is 1. The number of carbonyl (C=O) groups excluding carboxylic acids is 1. The lowest BCUT2D eigenvalue weighted by Gasteiger charge is -2.24. The van der Waals surface area contributed by atoms with Crippen molar-refractivity contribution in [1.82, 2.24) is 4.90 Å². The molecule has 0 aromatic rings. The SMILES string of the molecule is N[C@@H]1CCN(C(=O)C2(C(F)(F)F)CC2)C1. The van der Waals surface area contributed by atoms with E-state index in [-0.39, 0.29) is 25.4 Å². The van der Waals surface area contributed by atoms with Crippen LogP contribution < -0.4 is 5.73 Å². The minimum atomic E-state index is -4.41. The Morgan fingerprint density at radius 1 is 1.40 bits per heavy atom. The molecule has 1 heterocycles. The predicted octanol–water partition coefficient (Wildman–Crippen LogP) is 0.888. The lowest BCUT2D eigenvalue weighted by atomic mass is 10.1. The maximum absolute atomic E-state index is 12.6. The summed E-state index contributed by atoms with van der Waals surface area (Å²) < 4.78 is 37.9. The Balaban J connectivity index is 2.09. The molecule has 1 aliphatic heterocycles. The normalized spacial score (nSPS) is 29.3. The molecule has 2 rings (SSSR count). The highest BCUT2D eigenvalue weighted by molar-refractivity contribution is 5.86. The zero-order valence-electron chi connectivity index (χ0n) is 8.18. The third kappa shape index (κ3) is 1.60. The molecule has 1 saturated heterocycles. The molecular formula is C9H13F3N2O. The van der Waals surface area contributed by atoms with Crippen molar-refractivity contribution in [2.24, 2.45) is 11.1 Å². The van der Waals surface area contributed by atoms with Gasteiger partial charge in [-0.15, -0.1) is 0 Å². The van der Waals surface area contributed by atoms with Crippen molar-refractivity contribution < 1.29 is 18.0 Å². The molecule has 1 aliphatic carbocycles. The summed E-state index contributed by atoms with van der Waals surface area (Å²) in [6.45, 7) is 0.620. The molecule has 2 N–H and O–H groups in total. The number of halogens is 3. The lowest BCUT2D eigenvalue weighted by Crippen LogP contribution is -2.43. The topological polar surface area (TPSA) is 46.3 Å². The van der Waals surface area contributed by atoms with E-state index in [0.29, 0.717) is 13.0 Å². The molecule has 1 atom stereocenters. The second-order valence-corrected chi connectivity index (χ2v) is 4.38. The van der Waals surface area contributed by atoms with Crippen LogP contribution in [0.25, 0.3) is 0 Å². The van der Waals surface area contributed by atoms with Crippen LogP contribution in [0.3, 0.4) is 0 Å². The molecule has 86 valence electrons. The molecule has 0 radical (unpaired) electrons. The fourth-order valence-electron chi connectivity index (χ4n) is 2.02. The van der Waals surface area contributed by atoms with Crippen LogP contribution in [0.2, 0.25) is 0 Å². The first kappa shape index (κ1) is 10.7. The van der Waals surface area contributed by atoms with Crippen LogP contribution in [0.4, 0.5) is 13.2 Å². The van der Waals surface area contributed by atoms with Crippen LogP contribution in [-0.2, 0) is 4.79 Å². The van der Waals surface area contributed by atoms with Crippen LogP contribution in [0.5, 0.6) is 0 Å². The van der Waals surface area contributed by atoms with Crippen molar-refractivity contribution in [2.45, 2.75) is 31.5 Å². The lowest BCUT2D eigenvalue weighted by molar-refractivity contribution is -0.197. The van der Waals surface area contributed by atoms with E-state index < -0.39 is 17.5 Å². The van der Waals surface area contributed by atoms with E-state index in [1.54, 1.807) is 0 Å². The van der Waals surface area contributed by atoms with Crippen molar-refractivity contribution >= 4 is 5.91 Å². The Bertz CT molecular complexity index is 286. The van der Waals surface area contributed by atoms with Gasteiger partial charge in [-0.05, 0) is 19.3 Å². The van der Waals surface area contributed by atoms with Gasteiger partial charge in [0.05, 0.1) is 0 Å². The number of hydrogen-bond acceptors (Lipinski definition) is 2. The van der Waals surface area contributed by atoms with Crippen molar-refractivity contribution in [1.29, 1.82) is 0 Å². The summed E-state index contributed by atoms with van der Waals surface area (Å²) in [6.07, 6.45) is -3.95. The first-order valence-corrected chi connectivity index (χ1v) is 4.98. The summed E-state index contributed by atoms with van der Waals surface area (Å²) >= 11 is 0. The number of carbonyl (C=O) groups is 1. The minimum absolute atomic E-state index is 0.0684. The number of alkyl halides is 3. The molecular weight excluding hydrogens is 209 g/mol. The van der Waals surface area contributed by atoms with Gasteiger partial charge in [0, 0.05) is 19.1 Å². The molecule has 0 aromatic carbocycles. The van der Waals surface area contributed by atoms with Crippen molar-refractivity contribution in [2.75, 3.05) is 13.1 Å². The third-order valence-electron chi connectivity index (χ3n) is 3.21. The molecule has 0 aromatic heterocycles. The Hall–Kier alpha value is -0.780. The monoisotopic (exact) mass is 222 g/mol. The van der Waals surface area contributed by atoms with Gasteiger partial charge in [0.15, 0.2) is 0 Å². The fraction of sp³-hybridized carbons (Fsp3) is 0.889. The molecule has 0 unspecified atom stereocenters. The van der Waals surface area contributed by atoms with Crippen molar-refractivity contribution in [3.05, 3.63) is 0 Å². The molecule has 2 aliphatic rings. The summed E-state index contributed by atoms with van der Waals surface area (Å²) in [5.41, 5.74) is 3.49. The zero-order valence-corrected chi connectivity index (χ0v) is 8.18. The second kappa shape index (κ2) is 3.10. The highest BCUT2D eigenvalue weighted by Gasteiger charge is 2.69. The number of hydrogen-bond donors (Lipinski definition) is 1. The molecule has 1 saturated carbocycles. The number of amides is 1. The second-order valence-electron chi connectivity index (χ2n) is 4.38. The summed E-state index contributed by atoms with van der Waals surface area (Å²) in [7, 11) is 0. The molecule has 15 heavy (non-hydrogen) atoms. The van der Waals surface area contributed by atoms with Gasteiger partial charge in [-0.1, -0.05) is 0 Å². The predicted molar refractivity (Wildman–Crippen MR) is 46.9 cm³/mol. The van der Waals surface area contributed by atoms with Crippen molar-refractivity contribution in [3.63, 3.8) is 0 Å². The van der Waals surface area contributed by atoms with E-state index in [2.05, 4.69) is 0 Å². The van der Waals surface area contributed by atoms with Crippen LogP contribution in [0.1, 0.15) is 19.3 Å². The highest BCUT2D eigenvalue weighted by Crippen LogP contribution is 2.58. The first-order valence-electron chi connectivity index (χ1n) is 4.98. The zero-order chi connectivity index (χ0) is 11.3. The quantitative estimate of drug-likeness (QED) is 0.716. The van der Waals surface area contributed by atoms with E-state index in [0.717, 1.165) is 0 Å². The number of rotatable bonds is 1. The summed E-state index contributed by atoms with van der Waals surface area (Å²) in [5.74, 6) is -0.775. The largest absolute Gasteiger partial charge is 0.403 e. The van der Waals surface area contributed by atoms with E-state index in [1.165, 1.54) is 4.90 Å². The Kier molecular flexibility index (Phi) is 2.22. The fourth-order valence-corrected chi connectivity index (χ4v) is 2.02. The average molecular weight is 222 g/mol. The minimum Gasteiger partial charge on any atom is -0.340 e. The summed E-state index contributed by atoms with van der Waals surface area (Å²) in [6, 6.07) is -0.169. The van der Waals surface area contributed by atoms with Gasteiger partial charge in [0.25, 0.3) is 0 Å². The Morgan fingerprint density at radius 2 is 2.00 bits per heavy atom. The number of nitrogens with two attached hydrogens (primary N) is 1. The van der Waals surface area contributed by atoms with E-state index >= 15 is 0 Å². The van der Waals surface area contributed by atoms with Gasteiger partial charge in [-0.25, -0.2) is 0 Å². The standard InChI is InChI=1S/C9H13F3N2O/c10-9(11,12)8(2-3-8)7(15)14-4-1-6(13)5-14/h6H,1-5,13H2/t6-/m1/s1. The Labute approximate surface area is 85.4 Å². The average Bonchev–Trinajstić information content (AvgIpc) is 2.83. The van der Waals surface area contributed by atoms with Gasteiger partial charge in [-0.2, -0.15) is 13.2 Å². The Morgan fingerprint density at radius 3 is 2.33 bits per heavy atom. The van der Waals surface area contributed by atoms with Crippen molar-refractivity contribution in [3.8, 4) is 0 Å². The maximum Gasteiger partial charge on any atom is 0.403 e. The first-order chi connectivity index (χ1) is 6.87. The van der Waals surface area contributed by atoms with Gasteiger partial charge >= 0.3 is 6.18 Å². The van der Waals surface area contributed by atoms with Crippen LogP contribution in [0, 0.1) is 5.41 Å².